The monoisotopic (exact) mass is 520 g/mol. The largest absolute Gasteiger partial charge is 0.493 e. The van der Waals surface area contributed by atoms with Gasteiger partial charge in [0.25, 0.3) is 10.0 Å². The summed E-state index contributed by atoms with van der Waals surface area (Å²) in [7, 11) is -3.84. The zero-order valence-electron chi connectivity index (χ0n) is 18.4. The number of ether oxygens (including phenoxy) is 1. The molecular formula is C24H29BrN2O4S. The summed E-state index contributed by atoms with van der Waals surface area (Å²) in [6, 6.07) is 10.0. The lowest BCUT2D eigenvalue weighted by molar-refractivity contribution is -0.117. The summed E-state index contributed by atoms with van der Waals surface area (Å²) in [5.41, 5.74) is 1.52. The van der Waals surface area contributed by atoms with Crippen molar-refractivity contribution in [3.63, 3.8) is 0 Å². The van der Waals surface area contributed by atoms with Gasteiger partial charge < -0.3 is 10.1 Å². The first kappa shape index (κ1) is 23.1. The third-order valence-electron chi connectivity index (χ3n) is 6.58. The SMILES string of the molecule is CCOc1ccc(NS(=O)(=O)c2cc(NC(=O)C[C@H]3C[C@H]4CC[C@@H]3C4)ccc2C)cc1Br. The van der Waals surface area contributed by atoms with Crippen molar-refractivity contribution in [2.24, 2.45) is 17.8 Å². The van der Waals surface area contributed by atoms with E-state index in [1.807, 2.05) is 6.92 Å². The lowest BCUT2D eigenvalue weighted by Crippen LogP contribution is -2.21. The molecule has 2 aromatic carbocycles. The van der Waals surface area contributed by atoms with Gasteiger partial charge in [0.2, 0.25) is 5.91 Å². The average Bonchev–Trinajstić information content (AvgIpc) is 3.34. The maximum absolute atomic E-state index is 13.1. The predicted octanol–water partition coefficient (Wildman–Crippen LogP) is 5.72. The van der Waals surface area contributed by atoms with Crippen molar-refractivity contribution in [1.29, 1.82) is 0 Å². The Labute approximate surface area is 198 Å². The molecule has 2 saturated carbocycles. The predicted molar refractivity (Wildman–Crippen MR) is 129 cm³/mol. The van der Waals surface area contributed by atoms with Crippen LogP contribution < -0.4 is 14.8 Å². The van der Waals surface area contributed by atoms with Gasteiger partial charge in [-0.05, 0) is 103 Å². The third kappa shape index (κ3) is 5.12. The maximum Gasteiger partial charge on any atom is 0.262 e. The Bertz CT molecular complexity index is 1120. The van der Waals surface area contributed by atoms with E-state index >= 15 is 0 Å². The van der Waals surface area contributed by atoms with Crippen LogP contribution in [-0.4, -0.2) is 20.9 Å². The number of benzene rings is 2. The number of carbonyl (C=O) groups excluding carboxylic acids is 1. The Morgan fingerprint density at radius 2 is 1.91 bits per heavy atom. The summed E-state index contributed by atoms with van der Waals surface area (Å²) < 4.78 is 34.9. The lowest BCUT2D eigenvalue weighted by atomic mass is 9.86. The fourth-order valence-electron chi connectivity index (χ4n) is 5.09. The van der Waals surface area contributed by atoms with Crippen molar-refractivity contribution < 1.29 is 17.9 Å². The van der Waals surface area contributed by atoms with Crippen LogP contribution in [0.3, 0.4) is 0 Å². The molecular weight excluding hydrogens is 492 g/mol. The van der Waals surface area contributed by atoms with E-state index < -0.39 is 10.0 Å². The highest BCUT2D eigenvalue weighted by atomic mass is 79.9. The van der Waals surface area contributed by atoms with Crippen LogP contribution in [0.4, 0.5) is 11.4 Å². The number of rotatable bonds is 8. The number of hydrogen-bond acceptors (Lipinski definition) is 4. The highest BCUT2D eigenvalue weighted by Gasteiger charge is 2.40. The van der Waals surface area contributed by atoms with Gasteiger partial charge in [-0.25, -0.2) is 8.42 Å². The molecule has 0 heterocycles. The minimum absolute atomic E-state index is 0.0434. The minimum atomic E-state index is -3.84. The molecule has 172 valence electrons. The van der Waals surface area contributed by atoms with Crippen LogP contribution in [0.1, 0.15) is 44.6 Å². The van der Waals surface area contributed by atoms with Gasteiger partial charge in [0.05, 0.1) is 21.7 Å². The Hall–Kier alpha value is -2.06. The highest BCUT2D eigenvalue weighted by molar-refractivity contribution is 9.10. The summed E-state index contributed by atoms with van der Waals surface area (Å²) in [6.07, 6.45) is 5.46. The Morgan fingerprint density at radius 1 is 1.12 bits per heavy atom. The second-order valence-corrected chi connectivity index (χ2v) is 11.4. The molecule has 3 atom stereocenters. The second kappa shape index (κ2) is 9.43. The molecule has 0 aliphatic heterocycles. The number of amides is 1. The van der Waals surface area contributed by atoms with Crippen molar-refractivity contribution in [3.05, 3.63) is 46.4 Å². The Kier molecular flexibility index (Phi) is 6.81. The van der Waals surface area contributed by atoms with Gasteiger partial charge in [-0.15, -0.1) is 0 Å². The van der Waals surface area contributed by atoms with Crippen LogP contribution in [0.5, 0.6) is 5.75 Å². The number of fused-ring (bicyclic) bond motifs is 2. The maximum atomic E-state index is 13.1. The van der Waals surface area contributed by atoms with Gasteiger partial charge in [0, 0.05) is 12.1 Å². The average molecular weight is 521 g/mol. The third-order valence-corrected chi connectivity index (χ3v) is 8.72. The molecule has 0 spiro atoms. The first-order valence-corrected chi connectivity index (χ1v) is 13.4. The number of nitrogens with one attached hydrogen (secondary N) is 2. The normalized spacial score (nSPS) is 22.0. The number of halogens is 1. The van der Waals surface area contributed by atoms with Crippen molar-refractivity contribution in [3.8, 4) is 5.75 Å². The summed E-state index contributed by atoms with van der Waals surface area (Å²) >= 11 is 3.41. The van der Waals surface area contributed by atoms with Gasteiger partial charge >= 0.3 is 0 Å². The Balaban J connectivity index is 1.46. The summed E-state index contributed by atoms with van der Waals surface area (Å²) in [5, 5.41) is 2.91. The van der Waals surface area contributed by atoms with Crippen molar-refractivity contribution in [2.75, 3.05) is 16.6 Å². The first-order chi connectivity index (χ1) is 15.2. The van der Waals surface area contributed by atoms with Crippen LogP contribution in [-0.2, 0) is 14.8 Å². The number of carbonyl (C=O) groups is 1. The number of aryl methyl sites for hydroxylation is 1. The molecule has 8 heteroatoms. The van der Waals surface area contributed by atoms with Crippen molar-refractivity contribution in [1.82, 2.24) is 0 Å². The van der Waals surface area contributed by atoms with Crippen molar-refractivity contribution in [2.45, 2.75) is 50.8 Å². The molecule has 0 saturated heterocycles. The molecule has 2 aromatic rings. The van der Waals surface area contributed by atoms with Crippen LogP contribution in [0.2, 0.25) is 0 Å². The second-order valence-electron chi connectivity index (χ2n) is 8.85. The van der Waals surface area contributed by atoms with E-state index in [2.05, 4.69) is 26.0 Å². The van der Waals surface area contributed by atoms with Gasteiger partial charge in [-0.2, -0.15) is 0 Å². The zero-order valence-corrected chi connectivity index (χ0v) is 20.8. The molecule has 0 unspecified atom stereocenters. The fraction of sp³-hybridized carbons (Fsp3) is 0.458. The van der Waals surface area contributed by atoms with Crippen LogP contribution in [0.15, 0.2) is 45.8 Å². The Morgan fingerprint density at radius 3 is 2.56 bits per heavy atom. The topological polar surface area (TPSA) is 84.5 Å². The van der Waals surface area contributed by atoms with E-state index in [9.17, 15) is 13.2 Å². The quantitative estimate of drug-likeness (QED) is 0.465. The van der Waals surface area contributed by atoms with E-state index in [1.165, 1.54) is 25.3 Å². The van der Waals surface area contributed by atoms with Gasteiger partial charge in [0.1, 0.15) is 5.75 Å². The molecule has 0 aromatic heterocycles. The molecule has 2 fully saturated rings. The van der Waals surface area contributed by atoms with Gasteiger partial charge in [-0.1, -0.05) is 12.5 Å². The van der Waals surface area contributed by atoms with Gasteiger partial charge in [0.15, 0.2) is 0 Å². The summed E-state index contributed by atoms with van der Waals surface area (Å²) in [4.78, 5) is 12.8. The highest BCUT2D eigenvalue weighted by Crippen LogP contribution is 2.49. The summed E-state index contributed by atoms with van der Waals surface area (Å²) in [6.45, 7) is 4.14. The van der Waals surface area contributed by atoms with E-state index in [1.54, 1.807) is 37.3 Å². The molecule has 4 rings (SSSR count). The molecule has 2 N–H and O–H groups in total. The molecule has 1 amide bonds. The molecule has 32 heavy (non-hydrogen) atoms. The molecule has 2 bridgehead atoms. The van der Waals surface area contributed by atoms with Crippen molar-refractivity contribution >= 4 is 43.2 Å². The molecule has 0 radical (unpaired) electrons. The van der Waals surface area contributed by atoms with E-state index in [4.69, 9.17) is 4.74 Å². The number of hydrogen-bond donors (Lipinski definition) is 2. The lowest BCUT2D eigenvalue weighted by Gasteiger charge is -2.21. The molecule has 6 nitrogen and oxygen atoms in total. The van der Waals surface area contributed by atoms with Crippen LogP contribution in [0, 0.1) is 24.7 Å². The van der Waals surface area contributed by atoms with E-state index in [0.717, 1.165) is 12.3 Å². The van der Waals surface area contributed by atoms with E-state index in [0.29, 0.717) is 52.0 Å². The summed E-state index contributed by atoms with van der Waals surface area (Å²) in [5.74, 6) is 2.53. The van der Waals surface area contributed by atoms with Gasteiger partial charge in [-0.3, -0.25) is 9.52 Å². The standard InChI is InChI=1S/C24H29BrN2O4S/c1-3-31-22-9-8-20(13-21(22)25)27-32(29,30)23-14-19(7-4-15(23)2)26-24(28)12-18-11-16-5-6-17(18)10-16/h4,7-9,13-14,16-18,27H,3,5-6,10-12H2,1-2H3,(H,26,28)/t16-,17+,18+/m0/s1. The molecule has 2 aliphatic carbocycles. The smallest absolute Gasteiger partial charge is 0.262 e. The number of anilines is 2. The van der Waals surface area contributed by atoms with E-state index in [-0.39, 0.29) is 10.8 Å². The molecule has 2 aliphatic rings. The van der Waals surface area contributed by atoms with Crippen LogP contribution in [0.25, 0.3) is 0 Å². The number of sulfonamides is 1. The fourth-order valence-corrected chi connectivity index (χ4v) is 6.91. The zero-order chi connectivity index (χ0) is 22.9. The first-order valence-electron chi connectivity index (χ1n) is 11.1. The van der Waals surface area contributed by atoms with Crippen LogP contribution >= 0.6 is 15.9 Å². The minimum Gasteiger partial charge on any atom is -0.493 e.